The minimum atomic E-state index is -3.53. The first-order valence-electron chi connectivity index (χ1n) is 5.99. The highest BCUT2D eigenvalue weighted by molar-refractivity contribution is 7.87. The Balaban J connectivity index is 4.31. The number of nitrogens with zero attached hydrogens (tertiary/aromatic N) is 1. The maximum absolute atomic E-state index is 11.9. The standard InChI is InChI=1S/C11H24N2O4S/c1-9(2)8-10(3)12-18(15,16)13(4)7-6-11(14)17-5/h9-10,12H,6-8H2,1-5H3. The fourth-order valence-corrected chi connectivity index (χ4v) is 2.69. The molecule has 0 aromatic heterocycles. The summed E-state index contributed by atoms with van der Waals surface area (Å²) in [5.41, 5.74) is 0. The van der Waals surface area contributed by atoms with Crippen molar-refractivity contribution in [2.75, 3.05) is 20.7 Å². The molecule has 0 heterocycles. The van der Waals surface area contributed by atoms with Crippen LogP contribution in [-0.4, -0.2) is 45.4 Å². The van der Waals surface area contributed by atoms with Gasteiger partial charge in [-0.2, -0.15) is 17.4 Å². The fraction of sp³-hybridized carbons (Fsp3) is 0.909. The van der Waals surface area contributed by atoms with E-state index in [-0.39, 0.29) is 19.0 Å². The first-order chi connectivity index (χ1) is 8.19. The van der Waals surface area contributed by atoms with E-state index < -0.39 is 16.2 Å². The van der Waals surface area contributed by atoms with Gasteiger partial charge in [-0.25, -0.2) is 0 Å². The molecule has 0 fully saturated rings. The molecule has 18 heavy (non-hydrogen) atoms. The van der Waals surface area contributed by atoms with E-state index in [4.69, 9.17) is 0 Å². The molecule has 7 heteroatoms. The highest BCUT2D eigenvalue weighted by Gasteiger charge is 2.21. The summed E-state index contributed by atoms with van der Waals surface area (Å²) in [4.78, 5) is 10.9. The first kappa shape index (κ1) is 17.3. The van der Waals surface area contributed by atoms with Gasteiger partial charge in [0.15, 0.2) is 0 Å². The molecule has 0 rings (SSSR count). The molecule has 0 amide bonds. The van der Waals surface area contributed by atoms with Gasteiger partial charge in [-0.05, 0) is 19.3 Å². The molecule has 0 saturated heterocycles. The summed E-state index contributed by atoms with van der Waals surface area (Å²) in [6, 6.07) is -0.129. The number of carbonyl (C=O) groups is 1. The van der Waals surface area contributed by atoms with Crippen molar-refractivity contribution >= 4 is 16.2 Å². The molecule has 0 aliphatic rings. The van der Waals surface area contributed by atoms with Gasteiger partial charge in [-0.15, -0.1) is 0 Å². The molecular weight excluding hydrogens is 256 g/mol. The van der Waals surface area contributed by atoms with Gasteiger partial charge in [0.1, 0.15) is 0 Å². The number of esters is 1. The van der Waals surface area contributed by atoms with E-state index in [0.29, 0.717) is 5.92 Å². The summed E-state index contributed by atoms with van der Waals surface area (Å²) in [6.45, 7) is 6.00. The summed E-state index contributed by atoms with van der Waals surface area (Å²) >= 11 is 0. The van der Waals surface area contributed by atoms with Crippen molar-refractivity contribution in [3.05, 3.63) is 0 Å². The highest BCUT2D eigenvalue weighted by Crippen LogP contribution is 2.06. The average molecular weight is 280 g/mol. The molecule has 1 atom stereocenters. The van der Waals surface area contributed by atoms with Crippen molar-refractivity contribution < 1.29 is 17.9 Å². The van der Waals surface area contributed by atoms with Crippen LogP contribution in [0.4, 0.5) is 0 Å². The van der Waals surface area contributed by atoms with Crippen molar-refractivity contribution in [3.8, 4) is 0 Å². The van der Waals surface area contributed by atoms with Crippen molar-refractivity contribution in [3.63, 3.8) is 0 Å². The van der Waals surface area contributed by atoms with Gasteiger partial charge in [0.25, 0.3) is 10.2 Å². The summed E-state index contributed by atoms with van der Waals surface area (Å²) in [5, 5.41) is 0. The lowest BCUT2D eigenvalue weighted by Crippen LogP contribution is -2.43. The summed E-state index contributed by atoms with van der Waals surface area (Å²) < 4.78 is 31.9. The second kappa shape index (κ2) is 7.70. The molecule has 0 aromatic rings. The van der Waals surface area contributed by atoms with Gasteiger partial charge < -0.3 is 4.74 Å². The first-order valence-corrected chi connectivity index (χ1v) is 7.43. The molecule has 0 aliphatic carbocycles. The molecule has 0 bridgehead atoms. The van der Waals surface area contributed by atoms with E-state index in [9.17, 15) is 13.2 Å². The summed E-state index contributed by atoms with van der Waals surface area (Å²) in [7, 11) is -0.818. The van der Waals surface area contributed by atoms with E-state index in [1.54, 1.807) is 0 Å². The lowest BCUT2D eigenvalue weighted by atomic mass is 10.1. The molecule has 0 saturated carbocycles. The van der Waals surface area contributed by atoms with E-state index in [2.05, 4.69) is 9.46 Å². The third-order valence-electron chi connectivity index (χ3n) is 2.44. The van der Waals surface area contributed by atoms with Crippen LogP contribution >= 0.6 is 0 Å². The van der Waals surface area contributed by atoms with E-state index in [1.165, 1.54) is 14.2 Å². The van der Waals surface area contributed by atoms with Crippen LogP contribution in [0.2, 0.25) is 0 Å². The third-order valence-corrected chi connectivity index (χ3v) is 4.15. The minimum Gasteiger partial charge on any atom is -0.469 e. The average Bonchev–Trinajstić information content (AvgIpc) is 2.22. The lowest BCUT2D eigenvalue weighted by molar-refractivity contribution is -0.140. The van der Waals surface area contributed by atoms with E-state index >= 15 is 0 Å². The summed E-state index contributed by atoms with van der Waals surface area (Å²) in [6.07, 6.45) is 0.816. The molecule has 0 aromatic carbocycles. The largest absolute Gasteiger partial charge is 0.469 e. The molecular formula is C11H24N2O4S. The van der Waals surface area contributed by atoms with Gasteiger partial charge in [0, 0.05) is 19.6 Å². The fourth-order valence-electron chi connectivity index (χ4n) is 1.57. The Bertz CT molecular complexity index is 354. The van der Waals surface area contributed by atoms with E-state index in [1.807, 2.05) is 20.8 Å². The van der Waals surface area contributed by atoms with Crippen LogP contribution in [0.15, 0.2) is 0 Å². The topological polar surface area (TPSA) is 75.7 Å². The summed E-state index contributed by atoms with van der Waals surface area (Å²) in [5.74, 6) is -0.00430. The normalized spacial score (nSPS) is 13.9. The van der Waals surface area contributed by atoms with Crippen LogP contribution in [-0.2, 0) is 19.7 Å². The zero-order valence-electron chi connectivity index (χ0n) is 11.8. The van der Waals surface area contributed by atoms with Crippen LogP contribution in [0.1, 0.15) is 33.6 Å². The van der Waals surface area contributed by atoms with Crippen LogP contribution in [0.25, 0.3) is 0 Å². The van der Waals surface area contributed by atoms with Crippen LogP contribution in [0, 0.1) is 5.92 Å². The quantitative estimate of drug-likeness (QED) is 0.666. The maximum Gasteiger partial charge on any atom is 0.306 e. The third kappa shape index (κ3) is 6.93. The smallest absolute Gasteiger partial charge is 0.306 e. The Kier molecular flexibility index (Phi) is 7.42. The molecule has 108 valence electrons. The van der Waals surface area contributed by atoms with Crippen LogP contribution in [0.3, 0.4) is 0 Å². The monoisotopic (exact) mass is 280 g/mol. The van der Waals surface area contributed by atoms with Crippen molar-refractivity contribution in [1.82, 2.24) is 9.03 Å². The Morgan fingerprint density at radius 3 is 2.33 bits per heavy atom. The zero-order chi connectivity index (χ0) is 14.3. The Morgan fingerprint density at radius 1 is 1.33 bits per heavy atom. The number of hydrogen-bond donors (Lipinski definition) is 1. The Hall–Kier alpha value is -0.660. The predicted octanol–water partition coefficient (Wildman–Crippen LogP) is 0.750. The second-order valence-corrected chi connectivity index (χ2v) is 6.61. The van der Waals surface area contributed by atoms with Gasteiger partial charge in [0.2, 0.25) is 0 Å². The van der Waals surface area contributed by atoms with Crippen LogP contribution in [0.5, 0.6) is 0 Å². The van der Waals surface area contributed by atoms with Crippen molar-refractivity contribution in [2.45, 2.75) is 39.7 Å². The Labute approximate surface area is 110 Å². The van der Waals surface area contributed by atoms with Crippen LogP contribution < -0.4 is 4.72 Å². The molecule has 0 spiro atoms. The molecule has 0 radical (unpaired) electrons. The number of hydrogen-bond acceptors (Lipinski definition) is 4. The van der Waals surface area contributed by atoms with Gasteiger partial charge >= 0.3 is 5.97 Å². The second-order valence-electron chi connectivity index (χ2n) is 4.80. The highest BCUT2D eigenvalue weighted by atomic mass is 32.2. The SMILES string of the molecule is COC(=O)CCN(C)S(=O)(=O)NC(C)CC(C)C. The number of carbonyl (C=O) groups excluding carboxylic acids is 1. The molecule has 0 aliphatic heterocycles. The molecule has 1 N–H and O–H groups in total. The van der Waals surface area contributed by atoms with E-state index in [0.717, 1.165) is 10.7 Å². The molecule has 6 nitrogen and oxygen atoms in total. The molecule has 1 unspecified atom stereocenters. The van der Waals surface area contributed by atoms with Gasteiger partial charge in [-0.1, -0.05) is 13.8 Å². The number of ether oxygens (including phenoxy) is 1. The van der Waals surface area contributed by atoms with Crippen molar-refractivity contribution in [1.29, 1.82) is 0 Å². The minimum absolute atomic E-state index is 0.0481. The number of rotatable bonds is 8. The zero-order valence-corrected chi connectivity index (χ0v) is 12.6. The predicted molar refractivity (Wildman–Crippen MR) is 70.2 cm³/mol. The van der Waals surface area contributed by atoms with Gasteiger partial charge in [-0.3, -0.25) is 4.79 Å². The lowest BCUT2D eigenvalue weighted by Gasteiger charge is -2.21. The number of methoxy groups -OCH3 is 1. The number of nitrogens with one attached hydrogen (secondary N) is 1. The van der Waals surface area contributed by atoms with Crippen molar-refractivity contribution in [2.24, 2.45) is 5.92 Å². The Morgan fingerprint density at radius 2 is 1.89 bits per heavy atom. The maximum atomic E-state index is 11.9. The van der Waals surface area contributed by atoms with Gasteiger partial charge in [0.05, 0.1) is 13.5 Å².